The standard InChI is InChI=1S/C23H27N5O6/c29-22(24-9-4-10-27-11-13-33-14-12-27)23(30)26-25-16-18-5-3-6-19(15-18)17-34-21-8-2-1-7-20(21)28(31)32/h1-3,5-8,15-16H,4,9-14,17H2,(H,24,29)(H,26,30)/b25-16+. The van der Waals surface area contributed by atoms with Crippen LogP contribution in [-0.4, -0.2) is 67.2 Å². The Morgan fingerprint density at radius 1 is 1.15 bits per heavy atom. The molecule has 11 nitrogen and oxygen atoms in total. The van der Waals surface area contributed by atoms with Crippen LogP contribution in [0.4, 0.5) is 5.69 Å². The smallest absolute Gasteiger partial charge is 0.329 e. The van der Waals surface area contributed by atoms with Gasteiger partial charge in [-0.2, -0.15) is 5.10 Å². The SMILES string of the molecule is O=C(NCCCN1CCOCC1)C(=O)N/N=C/c1cccc(COc2ccccc2[N+](=O)[O-])c1. The van der Waals surface area contributed by atoms with Crippen molar-refractivity contribution in [1.82, 2.24) is 15.6 Å². The Morgan fingerprint density at radius 2 is 1.94 bits per heavy atom. The molecule has 0 aromatic heterocycles. The van der Waals surface area contributed by atoms with Gasteiger partial charge in [-0.3, -0.25) is 24.6 Å². The first-order chi connectivity index (χ1) is 16.5. The molecule has 0 saturated carbocycles. The van der Waals surface area contributed by atoms with Crippen LogP contribution in [0.3, 0.4) is 0 Å². The Kier molecular flexibility index (Phi) is 9.50. The predicted octanol–water partition coefficient (Wildman–Crippen LogP) is 1.46. The van der Waals surface area contributed by atoms with Gasteiger partial charge in [0.1, 0.15) is 6.61 Å². The van der Waals surface area contributed by atoms with Crippen molar-refractivity contribution in [3.8, 4) is 5.75 Å². The number of nitrogens with one attached hydrogen (secondary N) is 2. The molecule has 0 atom stereocenters. The number of hydrogen-bond acceptors (Lipinski definition) is 8. The largest absolute Gasteiger partial charge is 0.482 e. The van der Waals surface area contributed by atoms with Crippen molar-refractivity contribution in [2.75, 3.05) is 39.4 Å². The van der Waals surface area contributed by atoms with Crippen molar-refractivity contribution < 1.29 is 24.0 Å². The van der Waals surface area contributed by atoms with Crippen molar-refractivity contribution >= 4 is 23.7 Å². The highest BCUT2D eigenvalue weighted by atomic mass is 16.6. The zero-order valence-corrected chi connectivity index (χ0v) is 18.6. The first-order valence-corrected chi connectivity index (χ1v) is 10.9. The van der Waals surface area contributed by atoms with Gasteiger partial charge in [-0.15, -0.1) is 0 Å². The molecule has 2 N–H and O–H groups in total. The maximum absolute atomic E-state index is 11.9. The Labute approximate surface area is 196 Å². The topological polar surface area (TPSA) is 135 Å². The van der Waals surface area contributed by atoms with Gasteiger partial charge in [0.25, 0.3) is 0 Å². The molecular formula is C23H27N5O6. The van der Waals surface area contributed by atoms with Crippen molar-refractivity contribution in [3.05, 3.63) is 69.8 Å². The molecule has 34 heavy (non-hydrogen) atoms. The maximum atomic E-state index is 11.9. The van der Waals surface area contributed by atoms with Crippen molar-refractivity contribution in [2.24, 2.45) is 5.10 Å². The summed E-state index contributed by atoms with van der Waals surface area (Å²) >= 11 is 0. The van der Waals surface area contributed by atoms with Crippen LogP contribution in [0.25, 0.3) is 0 Å². The van der Waals surface area contributed by atoms with Gasteiger partial charge < -0.3 is 14.8 Å². The monoisotopic (exact) mass is 469 g/mol. The van der Waals surface area contributed by atoms with E-state index in [1.54, 1.807) is 36.4 Å². The van der Waals surface area contributed by atoms with E-state index in [4.69, 9.17) is 9.47 Å². The van der Waals surface area contributed by atoms with E-state index in [-0.39, 0.29) is 18.0 Å². The third-order valence-electron chi connectivity index (χ3n) is 5.03. The summed E-state index contributed by atoms with van der Waals surface area (Å²) in [4.78, 5) is 36.6. The van der Waals surface area contributed by atoms with Gasteiger partial charge >= 0.3 is 17.5 Å². The lowest BCUT2D eigenvalue weighted by atomic mass is 10.1. The normalized spacial score (nSPS) is 14.0. The number of para-hydroxylation sites is 2. The molecule has 0 spiro atoms. The van der Waals surface area contributed by atoms with Gasteiger partial charge in [0.2, 0.25) is 0 Å². The van der Waals surface area contributed by atoms with Crippen LogP contribution in [0.1, 0.15) is 17.5 Å². The number of ether oxygens (including phenoxy) is 2. The maximum Gasteiger partial charge on any atom is 0.329 e. The molecule has 1 aliphatic heterocycles. The van der Waals surface area contributed by atoms with Crippen LogP contribution in [0, 0.1) is 10.1 Å². The molecular weight excluding hydrogens is 442 g/mol. The molecule has 0 unspecified atom stereocenters. The highest BCUT2D eigenvalue weighted by molar-refractivity contribution is 6.35. The minimum Gasteiger partial charge on any atom is -0.482 e. The van der Waals surface area contributed by atoms with Gasteiger partial charge in [-0.05, 0) is 36.2 Å². The lowest BCUT2D eigenvalue weighted by molar-refractivity contribution is -0.385. The molecule has 180 valence electrons. The molecule has 1 saturated heterocycles. The minimum atomic E-state index is -0.849. The number of morpholine rings is 1. The van der Waals surface area contributed by atoms with Gasteiger partial charge in [-0.1, -0.05) is 30.3 Å². The Hall–Kier alpha value is -3.83. The van der Waals surface area contributed by atoms with E-state index < -0.39 is 16.7 Å². The van der Waals surface area contributed by atoms with E-state index in [0.717, 1.165) is 44.8 Å². The Balaban J connectivity index is 1.41. The highest BCUT2D eigenvalue weighted by Crippen LogP contribution is 2.26. The number of hydrazone groups is 1. The fourth-order valence-corrected chi connectivity index (χ4v) is 3.28. The molecule has 2 aromatic rings. The average molecular weight is 469 g/mol. The first kappa shape index (κ1) is 24.8. The van der Waals surface area contributed by atoms with Gasteiger partial charge in [0.05, 0.1) is 24.4 Å². The molecule has 0 radical (unpaired) electrons. The number of rotatable bonds is 10. The van der Waals surface area contributed by atoms with E-state index in [0.29, 0.717) is 12.1 Å². The molecule has 0 aliphatic carbocycles. The second kappa shape index (κ2) is 13.0. The second-order valence-electron chi connectivity index (χ2n) is 7.52. The number of carbonyl (C=O) groups is 2. The lowest BCUT2D eigenvalue weighted by Crippen LogP contribution is -2.40. The van der Waals surface area contributed by atoms with Gasteiger partial charge in [0.15, 0.2) is 5.75 Å². The van der Waals surface area contributed by atoms with E-state index in [1.165, 1.54) is 18.3 Å². The third-order valence-corrected chi connectivity index (χ3v) is 5.03. The molecule has 1 aliphatic rings. The van der Waals surface area contributed by atoms with Crippen LogP contribution < -0.4 is 15.5 Å². The van der Waals surface area contributed by atoms with Crippen molar-refractivity contribution in [2.45, 2.75) is 13.0 Å². The fourth-order valence-electron chi connectivity index (χ4n) is 3.28. The summed E-state index contributed by atoms with van der Waals surface area (Å²) in [5.41, 5.74) is 3.51. The molecule has 2 amide bonds. The molecule has 2 aromatic carbocycles. The first-order valence-electron chi connectivity index (χ1n) is 10.9. The number of nitrogens with zero attached hydrogens (tertiary/aromatic N) is 3. The fraction of sp³-hybridized carbons (Fsp3) is 0.348. The van der Waals surface area contributed by atoms with E-state index in [2.05, 4.69) is 20.7 Å². The van der Waals surface area contributed by atoms with E-state index >= 15 is 0 Å². The zero-order valence-electron chi connectivity index (χ0n) is 18.6. The molecule has 0 bridgehead atoms. The number of nitro benzene ring substituents is 1. The van der Waals surface area contributed by atoms with Gasteiger partial charge in [-0.25, -0.2) is 5.43 Å². The lowest BCUT2D eigenvalue weighted by Gasteiger charge is -2.26. The Morgan fingerprint density at radius 3 is 2.74 bits per heavy atom. The van der Waals surface area contributed by atoms with E-state index in [9.17, 15) is 19.7 Å². The summed E-state index contributed by atoms with van der Waals surface area (Å²) < 4.78 is 10.9. The quantitative estimate of drug-likeness (QED) is 0.177. The van der Waals surface area contributed by atoms with Crippen LogP contribution in [-0.2, 0) is 20.9 Å². The summed E-state index contributed by atoms with van der Waals surface area (Å²) in [6.45, 7) is 4.55. The predicted molar refractivity (Wildman–Crippen MR) is 124 cm³/mol. The third kappa shape index (κ3) is 7.94. The summed E-state index contributed by atoms with van der Waals surface area (Å²) in [6.07, 6.45) is 2.14. The van der Waals surface area contributed by atoms with Crippen molar-refractivity contribution in [1.29, 1.82) is 0 Å². The number of amides is 2. The summed E-state index contributed by atoms with van der Waals surface area (Å²) in [5.74, 6) is -1.42. The molecule has 3 rings (SSSR count). The highest BCUT2D eigenvalue weighted by Gasteiger charge is 2.14. The van der Waals surface area contributed by atoms with Gasteiger partial charge in [0, 0.05) is 25.7 Å². The average Bonchev–Trinajstić information content (AvgIpc) is 2.86. The van der Waals surface area contributed by atoms with Crippen molar-refractivity contribution in [3.63, 3.8) is 0 Å². The molecule has 1 heterocycles. The number of benzene rings is 2. The van der Waals surface area contributed by atoms with E-state index in [1.807, 2.05) is 0 Å². The van der Waals surface area contributed by atoms with Crippen LogP contribution in [0.15, 0.2) is 53.6 Å². The summed E-state index contributed by atoms with van der Waals surface area (Å²) in [7, 11) is 0. The van der Waals surface area contributed by atoms with Crippen LogP contribution >= 0.6 is 0 Å². The summed E-state index contributed by atoms with van der Waals surface area (Å²) in [6, 6.07) is 13.2. The van der Waals surface area contributed by atoms with Crippen LogP contribution in [0.5, 0.6) is 5.75 Å². The molecule has 1 fully saturated rings. The number of nitro groups is 1. The Bertz CT molecular complexity index is 1020. The number of carbonyl (C=O) groups excluding carboxylic acids is 2. The summed E-state index contributed by atoms with van der Waals surface area (Å²) in [5, 5.41) is 17.5. The molecule has 11 heteroatoms. The number of hydrogen-bond donors (Lipinski definition) is 2. The second-order valence-corrected chi connectivity index (χ2v) is 7.52. The zero-order chi connectivity index (χ0) is 24.2. The minimum absolute atomic E-state index is 0.109. The van der Waals surface area contributed by atoms with Crippen LogP contribution in [0.2, 0.25) is 0 Å².